The van der Waals surface area contributed by atoms with E-state index in [-0.39, 0.29) is 5.78 Å². The zero-order valence-electron chi connectivity index (χ0n) is 10.7. The maximum absolute atomic E-state index is 12.0. The van der Waals surface area contributed by atoms with Crippen LogP contribution in [0.2, 0.25) is 5.02 Å². The van der Waals surface area contributed by atoms with E-state index in [4.69, 9.17) is 21.1 Å². The van der Waals surface area contributed by atoms with Gasteiger partial charge in [0.15, 0.2) is 17.3 Å². The highest BCUT2D eigenvalue weighted by atomic mass is 35.5. The summed E-state index contributed by atoms with van der Waals surface area (Å²) in [6, 6.07) is 3.26. The molecule has 1 aromatic carbocycles. The van der Waals surface area contributed by atoms with E-state index in [1.54, 1.807) is 18.2 Å². The van der Waals surface area contributed by atoms with Gasteiger partial charge in [-0.15, -0.1) is 6.58 Å². The number of ketones is 1. The molecule has 0 fully saturated rings. The molecule has 4 heteroatoms. The zero-order valence-corrected chi connectivity index (χ0v) is 11.4. The normalized spacial score (nSPS) is 9.94. The Morgan fingerprint density at radius 2 is 2.11 bits per heavy atom. The number of unbranched alkanes of at least 4 members (excludes halogenated alkanes) is 1. The van der Waals surface area contributed by atoms with Crippen molar-refractivity contribution in [2.45, 2.75) is 19.3 Å². The second-order valence-corrected chi connectivity index (χ2v) is 4.20. The van der Waals surface area contributed by atoms with Crippen LogP contribution in [-0.2, 0) is 0 Å². The Labute approximate surface area is 112 Å². The number of rotatable bonds is 7. The van der Waals surface area contributed by atoms with Crippen LogP contribution >= 0.6 is 11.6 Å². The molecule has 0 saturated carbocycles. The van der Waals surface area contributed by atoms with Gasteiger partial charge in [-0.2, -0.15) is 0 Å². The molecule has 0 heterocycles. The summed E-state index contributed by atoms with van der Waals surface area (Å²) in [4.78, 5) is 12.0. The lowest BCUT2D eigenvalue weighted by Gasteiger charge is -2.11. The van der Waals surface area contributed by atoms with Crippen LogP contribution < -0.4 is 9.47 Å². The van der Waals surface area contributed by atoms with Crippen molar-refractivity contribution in [2.75, 3.05) is 14.2 Å². The van der Waals surface area contributed by atoms with Gasteiger partial charge in [-0.3, -0.25) is 4.79 Å². The van der Waals surface area contributed by atoms with Gasteiger partial charge in [0.25, 0.3) is 0 Å². The molecular formula is C14H17ClO3. The number of carbonyl (C=O) groups is 1. The first kappa shape index (κ1) is 14.6. The number of hydrogen-bond acceptors (Lipinski definition) is 3. The summed E-state index contributed by atoms with van der Waals surface area (Å²) in [5.41, 5.74) is 0.543. The molecule has 0 amide bonds. The SMILES string of the molecule is C=CCCCC(=O)c1cc(Cl)c(OC)c(OC)c1. The molecule has 0 unspecified atom stereocenters. The highest BCUT2D eigenvalue weighted by Crippen LogP contribution is 2.36. The minimum atomic E-state index is 0.0414. The van der Waals surface area contributed by atoms with E-state index in [0.717, 1.165) is 12.8 Å². The Balaban J connectivity index is 2.93. The monoisotopic (exact) mass is 268 g/mol. The van der Waals surface area contributed by atoms with Gasteiger partial charge in [0, 0.05) is 12.0 Å². The van der Waals surface area contributed by atoms with Crippen LogP contribution in [0.1, 0.15) is 29.6 Å². The third-order valence-corrected chi connectivity index (χ3v) is 2.85. The summed E-state index contributed by atoms with van der Waals surface area (Å²) in [6.45, 7) is 3.63. The van der Waals surface area contributed by atoms with Crippen LogP contribution in [0.5, 0.6) is 11.5 Å². The van der Waals surface area contributed by atoms with E-state index in [0.29, 0.717) is 28.5 Å². The molecule has 0 spiro atoms. The number of benzene rings is 1. The molecule has 0 bridgehead atoms. The Hall–Kier alpha value is -1.48. The van der Waals surface area contributed by atoms with Crippen molar-refractivity contribution in [1.82, 2.24) is 0 Å². The maximum Gasteiger partial charge on any atom is 0.179 e. The number of ether oxygens (including phenoxy) is 2. The Morgan fingerprint density at radius 1 is 1.39 bits per heavy atom. The van der Waals surface area contributed by atoms with E-state index in [1.165, 1.54) is 14.2 Å². The molecule has 0 aliphatic carbocycles. The molecule has 0 aliphatic rings. The predicted octanol–water partition coefficient (Wildman–Crippen LogP) is 3.90. The lowest BCUT2D eigenvalue weighted by Crippen LogP contribution is -2.01. The molecular weight excluding hydrogens is 252 g/mol. The second kappa shape index (κ2) is 7.07. The lowest BCUT2D eigenvalue weighted by atomic mass is 10.0. The fourth-order valence-corrected chi connectivity index (χ4v) is 1.92. The van der Waals surface area contributed by atoms with Crippen LogP contribution in [0.25, 0.3) is 0 Å². The third kappa shape index (κ3) is 3.50. The molecule has 3 nitrogen and oxygen atoms in total. The van der Waals surface area contributed by atoms with Gasteiger partial charge < -0.3 is 9.47 Å². The van der Waals surface area contributed by atoms with E-state index in [2.05, 4.69) is 6.58 Å². The molecule has 0 aliphatic heterocycles. The number of allylic oxidation sites excluding steroid dienone is 1. The Morgan fingerprint density at radius 3 is 2.67 bits per heavy atom. The predicted molar refractivity (Wildman–Crippen MR) is 72.9 cm³/mol. The molecule has 0 saturated heterocycles. The van der Waals surface area contributed by atoms with Gasteiger partial charge >= 0.3 is 0 Å². The van der Waals surface area contributed by atoms with Gasteiger partial charge in [0.1, 0.15) is 0 Å². The van der Waals surface area contributed by atoms with E-state index < -0.39 is 0 Å². The molecule has 18 heavy (non-hydrogen) atoms. The largest absolute Gasteiger partial charge is 0.493 e. The van der Waals surface area contributed by atoms with E-state index in [1.807, 2.05) is 0 Å². The minimum absolute atomic E-state index is 0.0414. The number of Topliss-reactive ketones (excluding diaryl/α,β-unsaturated/α-hetero) is 1. The summed E-state index contributed by atoms with van der Waals surface area (Å²) >= 11 is 6.05. The summed E-state index contributed by atoms with van der Waals surface area (Å²) in [7, 11) is 3.02. The van der Waals surface area contributed by atoms with Gasteiger partial charge in [0.05, 0.1) is 19.2 Å². The molecule has 0 atom stereocenters. The van der Waals surface area contributed by atoms with Crippen molar-refractivity contribution in [2.24, 2.45) is 0 Å². The molecule has 0 radical (unpaired) electrons. The van der Waals surface area contributed by atoms with Crippen molar-refractivity contribution in [3.05, 3.63) is 35.4 Å². The molecule has 0 aromatic heterocycles. The van der Waals surface area contributed by atoms with Crippen LogP contribution in [0, 0.1) is 0 Å². The summed E-state index contributed by atoms with van der Waals surface area (Å²) < 4.78 is 10.3. The Kier molecular flexibility index (Phi) is 5.72. The number of methoxy groups -OCH3 is 2. The van der Waals surface area contributed by atoms with Gasteiger partial charge in [-0.1, -0.05) is 17.7 Å². The number of carbonyl (C=O) groups excluding carboxylic acids is 1. The van der Waals surface area contributed by atoms with Crippen LogP contribution in [0.3, 0.4) is 0 Å². The van der Waals surface area contributed by atoms with Crippen LogP contribution in [-0.4, -0.2) is 20.0 Å². The van der Waals surface area contributed by atoms with Crippen molar-refractivity contribution >= 4 is 17.4 Å². The average Bonchev–Trinajstić information content (AvgIpc) is 2.37. The summed E-state index contributed by atoms with van der Waals surface area (Å²) in [5, 5.41) is 0.379. The van der Waals surface area contributed by atoms with Gasteiger partial charge in [-0.05, 0) is 25.0 Å². The standard InChI is InChI=1S/C14H17ClO3/c1-4-5-6-7-12(16)10-8-11(15)14(18-3)13(9-10)17-2/h4,8-9H,1,5-7H2,2-3H3. The van der Waals surface area contributed by atoms with Crippen LogP contribution in [0.15, 0.2) is 24.8 Å². The molecule has 1 aromatic rings. The smallest absolute Gasteiger partial charge is 0.179 e. The van der Waals surface area contributed by atoms with Crippen molar-refractivity contribution in [3.8, 4) is 11.5 Å². The van der Waals surface area contributed by atoms with E-state index >= 15 is 0 Å². The average molecular weight is 269 g/mol. The fourth-order valence-electron chi connectivity index (χ4n) is 1.63. The van der Waals surface area contributed by atoms with Gasteiger partial charge in [-0.25, -0.2) is 0 Å². The van der Waals surface area contributed by atoms with Gasteiger partial charge in [0.2, 0.25) is 0 Å². The second-order valence-electron chi connectivity index (χ2n) is 3.80. The van der Waals surface area contributed by atoms with Crippen molar-refractivity contribution in [1.29, 1.82) is 0 Å². The first-order chi connectivity index (χ1) is 8.63. The zero-order chi connectivity index (χ0) is 13.5. The van der Waals surface area contributed by atoms with Crippen LogP contribution in [0.4, 0.5) is 0 Å². The van der Waals surface area contributed by atoms with E-state index in [9.17, 15) is 4.79 Å². The highest BCUT2D eigenvalue weighted by Gasteiger charge is 2.14. The lowest BCUT2D eigenvalue weighted by molar-refractivity contribution is 0.0980. The molecule has 0 N–H and O–H groups in total. The quantitative estimate of drug-likeness (QED) is 0.427. The fraction of sp³-hybridized carbons (Fsp3) is 0.357. The van der Waals surface area contributed by atoms with Crippen molar-refractivity contribution in [3.63, 3.8) is 0 Å². The highest BCUT2D eigenvalue weighted by molar-refractivity contribution is 6.32. The Bertz CT molecular complexity index is 441. The molecule has 1 rings (SSSR count). The minimum Gasteiger partial charge on any atom is -0.493 e. The number of halogens is 1. The third-order valence-electron chi connectivity index (χ3n) is 2.57. The summed E-state index contributed by atoms with van der Waals surface area (Å²) in [5.74, 6) is 0.957. The molecule has 98 valence electrons. The number of hydrogen-bond donors (Lipinski definition) is 0. The maximum atomic E-state index is 12.0. The first-order valence-electron chi connectivity index (χ1n) is 5.69. The van der Waals surface area contributed by atoms with Crippen molar-refractivity contribution < 1.29 is 14.3 Å². The first-order valence-corrected chi connectivity index (χ1v) is 6.07. The summed E-state index contributed by atoms with van der Waals surface area (Å²) in [6.07, 6.45) is 3.88. The topological polar surface area (TPSA) is 35.5 Å².